The molecule has 242 valence electrons. The Hall–Kier alpha value is -3.85. The minimum absolute atomic E-state index is 0.00274. The van der Waals surface area contributed by atoms with Crippen LogP contribution in [0.3, 0.4) is 0 Å². The summed E-state index contributed by atoms with van der Waals surface area (Å²) in [6.45, 7) is 7.69. The summed E-state index contributed by atoms with van der Waals surface area (Å²) in [7, 11) is -4.27. The Morgan fingerprint density at radius 1 is 0.826 bits per heavy atom. The van der Waals surface area contributed by atoms with E-state index in [9.17, 15) is 18.0 Å². The molecule has 0 spiro atoms. The number of hydrogen-bond donors (Lipinski definition) is 1. The molecule has 7 nitrogen and oxygen atoms in total. The summed E-state index contributed by atoms with van der Waals surface area (Å²) < 4.78 is 29.4. The predicted octanol–water partition coefficient (Wildman–Crippen LogP) is 7.22. The van der Waals surface area contributed by atoms with E-state index >= 15 is 0 Å². The maximum absolute atomic E-state index is 14.6. The lowest BCUT2D eigenvalue weighted by molar-refractivity contribution is -0.140. The van der Waals surface area contributed by atoms with Crippen molar-refractivity contribution in [3.05, 3.63) is 129 Å². The van der Waals surface area contributed by atoms with Crippen LogP contribution in [0.1, 0.15) is 36.1 Å². The SMILES string of the molecule is Cc1ccc(S(=O)(=O)N(CC(=O)N(Cc2ccccc2C)[C@H](Cc2ccccc2)C(=O)NCC(C)C)c2cc(Cl)cc(Cl)c2)cc1. The number of nitrogens with one attached hydrogen (secondary N) is 1. The van der Waals surface area contributed by atoms with Gasteiger partial charge in [0, 0.05) is 29.6 Å². The number of carbonyl (C=O) groups excluding carboxylic acids is 2. The first-order valence-corrected chi connectivity index (χ1v) is 17.3. The molecule has 1 N–H and O–H groups in total. The Morgan fingerprint density at radius 2 is 1.43 bits per heavy atom. The molecule has 2 amide bonds. The molecule has 0 heterocycles. The Bertz CT molecular complexity index is 1740. The molecule has 0 fully saturated rings. The topological polar surface area (TPSA) is 86.8 Å². The van der Waals surface area contributed by atoms with Crippen LogP contribution in [0.5, 0.6) is 0 Å². The maximum atomic E-state index is 14.6. The van der Waals surface area contributed by atoms with Crippen LogP contribution >= 0.6 is 23.2 Å². The standard InChI is InChI=1S/C36H39Cl2N3O4S/c1-25(2)22-39-36(43)34(18-28-11-6-5-7-12-28)40(23-29-13-9-8-10-27(29)4)35(42)24-41(32-20-30(37)19-31(38)21-32)46(44,45)33-16-14-26(3)15-17-33/h5-17,19-21,25,34H,18,22-24H2,1-4H3,(H,39,43)/t34-/m1/s1. The smallest absolute Gasteiger partial charge is 0.264 e. The lowest BCUT2D eigenvalue weighted by Gasteiger charge is -2.34. The summed E-state index contributed by atoms with van der Waals surface area (Å²) >= 11 is 12.6. The zero-order valence-corrected chi connectivity index (χ0v) is 28.7. The van der Waals surface area contributed by atoms with Crippen molar-refractivity contribution in [2.45, 2.75) is 51.6 Å². The molecule has 0 aliphatic heterocycles. The number of hydrogen-bond acceptors (Lipinski definition) is 4. The van der Waals surface area contributed by atoms with Crippen LogP contribution in [-0.2, 0) is 32.6 Å². The molecule has 4 aromatic carbocycles. The number of aryl methyl sites for hydroxylation is 2. The van der Waals surface area contributed by atoms with E-state index in [1.807, 2.05) is 82.3 Å². The van der Waals surface area contributed by atoms with Gasteiger partial charge in [0.25, 0.3) is 10.0 Å². The summed E-state index contributed by atoms with van der Waals surface area (Å²) in [6, 6.07) is 26.9. The second-order valence-electron chi connectivity index (χ2n) is 11.7. The normalized spacial score (nSPS) is 12.1. The Labute approximate surface area is 282 Å². The van der Waals surface area contributed by atoms with Crippen LogP contribution in [0, 0.1) is 19.8 Å². The van der Waals surface area contributed by atoms with Gasteiger partial charge in [0.05, 0.1) is 10.6 Å². The molecule has 4 aromatic rings. The van der Waals surface area contributed by atoms with Gasteiger partial charge in [-0.15, -0.1) is 0 Å². The van der Waals surface area contributed by atoms with Crippen molar-refractivity contribution in [2.24, 2.45) is 5.92 Å². The van der Waals surface area contributed by atoms with E-state index in [1.165, 1.54) is 35.2 Å². The number of carbonyl (C=O) groups is 2. The van der Waals surface area contributed by atoms with E-state index in [-0.39, 0.29) is 45.4 Å². The summed E-state index contributed by atoms with van der Waals surface area (Å²) in [4.78, 5) is 30.0. The van der Waals surface area contributed by atoms with Crippen molar-refractivity contribution < 1.29 is 18.0 Å². The molecular formula is C36H39Cl2N3O4S. The van der Waals surface area contributed by atoms with E-state index in [0.717, 1.165) is 26.6 Å². The van der Waals surface area contributed by atoms with Gasteiger partial charge in [-0.25, -0.2) is 8.42 Å². The van der Waals surface area contributed by atoms with Crippen LogP contribution in [-0.4, -0.2) is 44.3 Å². The molecule has 0 saturated carbocycles. The van der Waals surface area contributed by atoms with Gasteiger partial charge in [-0.2, -0.15) is 0 Å². The van der Waals surface area contributed by atoms with E-state index in [4.69, 9.17) is 23.2 Å². The van der Waals surface area contributed by atoms with Crippen molar-refractivity contribution in [1.29, 1.82) is 0 Å². The highest BCUT2D eigenvalue weighted by molar-refractivity contribution is 7.92. The lowest BCUT2D eigenvalue weighted by atomic mass is 10.0. The fraction of sp³-hybridized carbons (Fsp3) is 0.278. The van der Waals surface area contributed by atoms with Crippen LogP contribution in [0.4, 0.5) is 5.69 Å². The van der Waals surface area contributed by atoms with Crippen molar-refractivity contribution in [3.8, 4) is 0 Å². The first-order valence-electron chi connectivity index (χ1n) is 15.1. The van der Waals surface area contributed by atoms with Crippen molar-refractivity contribution in [3.63, 3.8) is 0 Å². The second kappa shape index (κ2) is 15.6. The third-order valence-corrected chi connectivity index (χ3v) is 9.81. The molecule has 46 heavy (non-hydrogen) atoms. The first kappa shape index (κ1) is 35.0. The monoisotopic (exact) mass is 679 g/mol. The fourth-order valence-corrected chi connectivity index (χ4v) is 6.91. The van der Waals surface area contributed by atoms with Crippen molar-refractivity contribution in [1.82, 2.24) is 10.2 Å². The molecule has 0 aliphatic carbocycles. The van der Waals surface area contributed by atoms with E-state index in [0.29, 0.717) is 6.54 Å². The third kappa shape index (κ3) is 9.12. The first-order chi connectivity index (χ1) is 21.8. The highest BCUT2D eigenvalue weighted by Gasteiger charge is 2.35. The highest BCUT2D eigenvalue weighted by atomic mass is 35.5. The average molecular weight is 681 g/mol. The van der Waals surface area contributed by atoms with Gasteiger partial charge in [0.2, 0.25) is 11.8 Å². The Balaban J connectivity index is 1.83. The molecular weight excluding hydrogens is 641 g/mol. The van der Waals surface area contributed by atoms with Crippen molar-refractivity contribution >= 4 is 50.7 Å². The summed E-state index contributed by atoms with van der Waals surface area (Å²) in [5.74, 6) is -0.696. The average Bonchev–Trinajstić information content (AvgIpc) is 3.01. The third-order valence-electron chi connectivity index (χ3n) is 7.58. The molecule has 0 bridgehead atoms. The molecule has 0 aromatic heterocycles. The molecule has 4 rings (SSSR count). The maximum Gasteiger partial charge on any atom is 0.264 e. The fourth-order valence-electron chi connectivity index (χ4n) is 5.00. The zero-order valence-electron chi connectivity index (χ0n) is 26.4. The van der Waals surface area contributed by atoms with E-state index < -0.39 is 28.5 Å². The molecule has 0 aliphatic rings. The Morgan fingerprint density at radius 3 is 2.04 bits per heavy atom. The number of halogens is 2. The minimum Gasteiger partial charge on any atom is -0.354 e. The number of nitrogens with zero attached hydrogens (tertiary/aromatic N) is 2. The lowest BCUT2D eigenvalue weighted by Crippen LogP contribution is -2.53. The van der Waals surface area contributed by atoms with Crippen LogP contribution < -0.4 is 9.62 Å². The van der Waals surface area contributed by atoms with Crippen LogP contribution in [0.25, 0.3) is 0 Å². The number of rotatable bonds is 13. The number of amides is 2. The summed E-state index contributed by atoms with van der Waals surface area (Å²) in [5.41, 5.74) is 3.65. The van der Waals surface area contributed by atoms with Gasteiger partial charge < -0.3 is 10.2 Å². The minimum atomic E-state index is -4.27. The van der Waals surface area contributed by atoms with Crippen molar-refractivity contribution in [2.75, 3.05) is 17.4 Å². The summed E-state index contributed by atoms with van der Waals surface area (Å²) in [6.07, 6.45) is 0.232. The van der Waals surface area contributed by atoms with E-state index in [1.54, 1.807) is 12.1 Å². The van der Waals surface area contributed by atoms with Crippen LogP contribution in [0.2, 0.25) is 10.0 Å². The largest absolute Gasteiger partial charge is 0.354 e. The molecule has 0 radical (unpaired) electrons. The van der Waals surface area contributed by atoms with Gasteiger partial charge in [-0.3, -0.25) is 13.9 Å². The molecule has 10 heteroatoms. The van der Waals surface area contributed by atoms with E-state index in [2.05, 4.69) is 5.32 Å². The Kier molecular flexibility index (Phi) is 11.9. The second-order valence-corrected chi connectivity index (χ2v) is 14.5. The van der Waals surface area contributed by atoms with Gasteiger partial charge in [-0.05, 0) is 66.8 Å². The van der Waals surface area contributed by atoms with Crippen LogP contribution in [0.15, 0.2) is 102 Å². The zero-order chi connectivity index (χ0) is 33.4. The predicted molar refractivity (Wildman–Crippen MR) is 186 cm³/mol. The quantitative estimate of drug-likeness (QED) is 0.162. The van der Waals surface area contributed by atoms with Gasteiger partial charge >= 0.3 is 0 Å². The molecule has 0 unspecified atom stereocenters. The summed E-state index contributed by atoms with van der Waals surface area (Å²) in [5, 5.41) is 3.43. The number of benzene rings is 4. The number of anilines is 1. The van der Waals surface area contributed by atoms with Gasteiger partial charge in [0.15, 0.2) is 0 Å². The van der Waals surface area contributed by atoms with Gasteiger partial charge in [0.1, 0.15) is 12.6 Å². The molecule has 0 saturated heterocycles. The van der Waals surface area contributed by atoms with Gasteiger partial charge in [-0.1, -0.05) is 109 Å². The highest BCUT2D eigenvalue weighted by Crippen LogP contribution is 2.30. The number of sulfonamides is 1. The molecule has 1 atom stereocenters.